The van der Waals surface area contributed by atoms with Crippen LogP contribution in [0.5, 0.6) is 0 Å². The Morgan fingerprint density at radius 2 is 1.82 bits per heavy atom. The Morgan fingerprint density at radius 1 is 1.12 bits per heavy atom. The molecular weight excluding hydrogens is 214 g/mol. The molecule has 0 spiro atoms. The van der Waals surface area contributed by atoms with Crippen molar-refractivity contribution in [3.63, 3.8) is 0 Å². The number of hydrogen-bond acceptors (Lipinski definition) is 2. The molecule has 0 bridgehead atoms. The zero-order valence-electron chi connectivity index (χ0n) is 10.8. The molecule has 0 amide bonds. The molecule has 0 saturated carbocycles. The van der Waals surface area contributed by atoms with Gasteiger partial charge in [0.1, 0.15) is 5.29 Å². The molecular formula is C13H21N3O. The molecule has 0 radical (unpaired) electrons. The summed E-state index contributed by atoms with van der Waals surface area (Å²) in [6, 6.07) is 0. The Labute approximate surface area is 103 Å². The van der Waals surface area contributed by atoms with Crippen molar-refractivity contribution in [2.45, 2.75) is 40.0 Å². The minimum Gasteiger partial charge on any atom is -0.136 e. The molecule has 17 heavy (non-hydrogen) atoms. The predicted molar refractivity (Wildman–Crippen MR) is 71.4 cm³/mol. The highest BCUT2D eigenvalue weighted by molar-refractivity contribution is 5.08. The van der Waals surface area contributed by atoms with Crippen LogP contribution < -0.4 is 0 Å². The van der Waals surface area contributed by atoms with Crippen molar-refractivity contribution in [3.05, 3.63) is 41.5 Å². The van der Waals surface area contributed by atoms with Crippen molar-refractivity contribution < 1.29 is 0 Å². The largest absolute Gasteiger partial charge is 0.136 e. The third-order valence-electron chi connectivity index (χ3n) is 2.08. The zero-order valence-corrected chi connectivity index (χ0v) is 10.8. The van der Waals surface area contributed by atoms with Crippen LogP contribution in [0.2, 0.25) is 0 Å². The molecule has 0 atom stereocenters. The van der Waals surface area contributed by atoms with Crippen molar-refractivity contribution in [2.24, 2.45) is 21.0 Å². The van der Waals surface area contributed by atoms with Crippen LogP contribution in [-0.2, 0) is 0 Å². The van der Waals surface area contributed by atoms with Crippen LogP contribution in [0.15, 0.2) is 52.2 Å². The van der Waals surface area contributed by atoms with E-state index in [0.717, 1.165) is 12.8 Å². The fourth-order valence-corrected chi connectivity index (χ4v) is 1.22. The summed E-state index contributed by atoms with van der Waals surface area (Å²) in [5.41, 5.74) is 0.0783. The van der Waals surface area contributed by atoms with Crippen molar-refractivity contribution in [3.8, 4) is 0 Å². The Kier molecular flexibility index (Phi) is 8.74. The van der Waals surface area contributed by atoms with E-state index in [-0.39, 0.29) is 5.41 Å². The van der Waals surface area contributed by atoms with Crippen LogP contribution in [0, 0.1) is 10.3 Å². The zero-order chi connectivity index (χ0) is 13.0. The minimum absolute atomic E-state index is 0.0783. The van der Waals surface area contributed by atoms with Crippen LogP contribution >= 0.6 is 0 Å². The second-order valence-electron chi connectivity index (χ2n) is 4.32. The maximum atomic E-state index is 9.58. The van der Waals surface area contributed by atoms with E-state index in [1.54, 1.807) is 0 Å². The summed E-state index contributed by atoms with van der Waals surface area (Å²) in [4.78, 5) is 9.58. The average Bonchev–Trinajstić information content (AvgIpc) is 2.28. The van der Waals surface area contributed by atoms with Crippen LogP contribution in [0.1, 0.15) is 40.0 Å². The van der Waals surface area contributed by atoms with Gasteiger partial charge in [0.15, 0.2) is 0 Å². The summed E-state index contributed by atoms with van der Waals surface area (Å²) in [6.45, 7) is 6.49. The van der Waals surface area contributed by atoms with Crippen LogP contribution in [0.3, 0.4) is 0 Å². The molecule has 94 valence electrons. The molecule has 0 heterocycles. The van der Waals surface area contributed by atoms with Gasteiger partial charge in [0, 0.05) is 11.6 Å². The van der Waals surface area contributed by atoms with Crippen molar-refractivity contribution in [1.29, 1.82) is 0 Å². The molecule has 0 fully saturated rings. The van der Waals surface area contributed by atoms with Gasteiger partial charge in [-0.15, -0.1) is 10.0 Å². The summed E-state index contributed by atoms with van der Waals surface area (Å²) in [5, 5.41) is 8.61. The molecule has 0 aliphatic carbocycles. The maximum Gasteiger partial charge on any atom is 0.100 e. The van der Waals surface area contributed by atoms with Gasteiger partial charge in [-0.2, -0.15) is 0 Å². The monoisotopic (exact) mass is 235 g/mol. The quantitative estimate of drug-likeness (QED) is 0.254. The number of hydrogen-bond donors (Lipinski definition) is 0. The number of unbranched alkanes of at least 4 members (excludes halogenated alkanes) is 1. The lowest BCUT2D eigenvalue weighted by atomic mass is 9.92. The Bertz CT molecular complexity index is 315. The topological polar surface area (TPSA) is 54.1 Å². The Balaban J connectivity index is 4.00. The highest BCUT2D eigenvalue weighted by Gasteiger charge is 2.06. The molecule has 0 saturated heterocycles. The van der Waals surface area contributed by atoms with Gasteiger partial charge in [-0.05, 0) is 18.1 Å². The molecule has 0 aliphatic heterocycles. The molecule has 0 aromatic rings. The summed E-state index contributed by atoms with van der Waals surface area (Å²) in [5.74, 6) is 0. The van der Waals surface area contributed by atoms with Gasteiger partial charge in [-0.1, -0.05) is 57.6 Å². The lowest BCUT2D eigenvalue weighted by molar-refractivity contribution is 0.620. The van der Waals surface area contributed by atoms with Gasteiger partial charge >= 0.3 is 0 Å². The predicted octanol–water partition coefficient (Wildman–Crippen LogP) is 4.96. The van der Waals surface area contributed by atoms with Crippen molar-refractivity contribution in [2.75, 3.05) is 0 Å². The number of nitroso groups, excluding NO2 is 1. The van der Waals surface area contributed by atoms with E-state index >= 15 is 0 Å². The van der Waals surface area contributed by atoms with Crippen LogP contribution in [-0.4, -0.2) is 0 Å². The van der Waals surface area contributed by atoms with Crippen molar-refractivity contribution >= 4 is 0 Å². The van der Waals surface area contributed by atoms with Gasteiger partial charge in [-0.25, -0.2) is 0 Å². The number of rotatable bonds is 8. The van der Waals surface area contributed by atoms with Crippen LogP contribution in [0.25, 0.3) is 0 Å². The third kappa shape index (κ3) is 10.7. The normalized spacial score (nSPS) is 13.6. The molecule has 4 heteroatoms. The van der Waals surface area contributed by atoms with Gasteiger partial charge in [0.25, 0.3) is 0 Å². The van der Waals surface area contributed by atoms with E-state index in [1.165, 1.54) is 12.6 Å². The third-order valence-corrected chi connectivity index (χ3v) is 2.08. The van der Waals surface area contributed by atoms with E-state index in [9.17, 15) is 4.91 Å². The van der Waals surface area contributed by atoms with E-state index in [0.29, 0.717) is 0 Å². The number of nitrogens with zero attached hydrogens (tertiary/aromatic N) is 3. The lowest BCUT2D eigenvalue weighted by Crippen LogP contribution is -2.01. The lowest BCUT2D eigenvalue weighted by Gasteiger charge is -2.14. The van der Waals surface area contributed by atoms with Gasteiger partial charge in [-0.3, -0.25) is 0 Å². The van der Waals surface area contributed by atoms with Crippen LogP contribution in [0.4, 0.5) is 0 Å². The Hall–Kier alpha value is -1.58. The smallest absolute Gasteiger partial charge is 0.100 e. The van der Waals surface area contributed by atoms with E-state index in [2.05, 4.69) is 60.7 Å². The second-order valence-corrected chi connectivity index (χ2v) is 4.32. The standard InChI is InChI=1S/C13H21N3O/c1-4-5-7-10-13(2,3)11-8-6-9-12-14-15-16-17/h7-12H,4-6H2,1-3H3/b10-7?,11-8?,12-9+,15-14?. The summed E-state index contributed by atoms with van der Waals surface area (Å²) in [6.07, 6.45) is 15.0. The average molecular weight is 235 g/mol. The fourth-order valence-electron chi connectivity index (χ4n) is 1.22. The van der Waals surface area contributed by atoms with Gasteiger partial charge in [0.05, 0.1) is 0 Å². The van der Waals surface area contributed by atoms with E-state index in [4.69, 9.17) is 0 Å². The Morgan fingerprint density at radius 3 is 2.47 bits per heavy atom. The number of allylic oxidation sites excluding steroid dienone is 5. The first-order valence-electron chi connectivity index (χ1n) is 5.85. The second kappa shape index (κ2) is 9.63. The first-order valence-corrected chi connectivity index (χ1v) is 5.85. The molecule has 0 aromatic heterocycles. The highest BCUT2D eigenvalue weighted by atomic mass is 16.3. The molecule has 0 rings (SSSR count). The highest BCUT2D eigenvalue weighted by Crippen LogP contribution is 2.19. The van der Waals surface area contributed by atoms with E-state index < -0.39 is 0 Å². The SMILES string of the molecule is CCCC=CC(C)(C)C=CC/C=C/N=NN=O. The fraction of sp³-hybridized carbons (Fsp3) is 0.538. The minimum atomic E-state index is 0.0783. The first kappa shape index (κ1) is 15.4. The summed E-state index contributed by atoms with van der Waals surface area (Å²) < 4.78 is 0. The maximum absolute atomic E-state index is 9.58. The van der Waals surface area contributed by atoms with E-state index in [1.807, 2.05) is 6.08 Å². The molecule has 4 nitrogen and oxygen atoms in total. The van der Waals surface area contributed by atoms with Crippen molar-refractivity contribution in [1.82, 2.24) is 0 Å². The summed E-state index contributed by atoms with van der Waals surface area (Å²) >= 11 is 0. The summed E-state index contributed by atoms with van der Waals surface area (Å²) in [7, 11) is 0. The molecule has 0 aliphatic rings. The van der Waals surface area contributed by atoms with Gasteiger partial charge < -0.3 is 0 Å². The first-order chi connectivity index (χ1) is 8.12. The molecule has 0 N–H and O–H groups in total. The molecule has 0 unspecified atom stereocenters. The molecule has 0 aromatic carbocycles. The van der Waals surface area contributed by atoms with Gasteiger partial charge in [0.2, 0.25) is 0 Å².